The number of halogens is 3. The molecule has 1 N–H and O–H groups in total. The zero-order valence-electron chi connectivity index (χ0n) is 9.72. The highest BCUT2D eigenvalue weighted by Crippen LogP contribution is 2.22. The van der Waals surface area contributed by atoms with E-state index in [9.17, 15) is 8.78 Å². The Balaban J connectivity index is 2.81. The average molecular weight is 308 g/mol. The molecule has 2 nitrogen and oxygen atoms in total. The van der Waals surface area contributed by atoms with Crippen LogP contribution in [-0.2, 0) is 6.54 Å². The molecule has 17 heavy (non-hydrogen) atoms. The van der Waals surface area contributed by atoms with Crippen LogP contribution >= 0.6 is 15.9 Å². The van der Waals surface area contributed by atoms with Gasteiger partial charge < -0.3 is 5.11 Å². The van der Waals surface area contributed by atoms with Crippen molar-refractivity contribution >= 4 is 15.9 Å². The molecule has 0 fully saturated rings. The molecule has 5 heteroatoms. The summed E-state index contributed by atoms with van der Waals surface area (Å²) in [4.78, 5) is 1.89. The smallest absolute Gasteiger partial charge is 0.144 e. The number of aliphatic hydroxyl groups is 1. The summed E-state index contributed by atoms with van der Waals surface area (Å²) in [5, 5.41) is 8.75. The lowest BCUT2D eigenvalue weighted by Crippen LogP contribution is -2.25. The molecule has 1 aromatic rings. The Morgan fingerprint density at radius 2 is 2.06 bits per heavy atom. The molecule has 0 saturated heterocycles. The van der Waals surface area contributed by atoms with E-state index in [-0.39, 0.29) is 23.2 Å². The predicted molar refractivity (Wildman–Crippen MR) is 66.7 cm³/mol. The van der Waals surface area contributed by atoms with E-state index in [4.69, 9.17) is 5.11 Å². The molecule has 0 bridgehead atoms. The molecule has 0 unspecified atom stereocenters. The van der Waals surface area contributed by atoms with E-state index in [1.807, 2.05) is 11.8 Å². The van der Waals surface area contributed by atoms with Gasteiger partial charge in [0.05, 0.1) is 4.47 Å². The summed E-state index contributed by atoms with van der Waals surface area (Å²) < 4.78 is 27.5. The van der Waals surface area contributed by atoms with Crippen LogP contribution in [0.5, 0.6) is 0 Å². The molecule has 1 aromatic carbocycles. The highest BCUT2D eigenvalue weighted by atomic mass is 79.9. The van der Waals surface area contributed by atoms with Crippen LogP contribution in [0.1, 0.15) is 18.9 Å². The molecule has 0 aliphatic rings. The molecule has 0 saturated carbocycles. The average Bonchev–Trinajstić information content (AvgIpc) is 2.33. The molecule has 0 aliphatic carbocycles. The normalized spacial score (nSPS) is 11.2. The van der Waals surface area contributed by atoms with Gasteiger partial charge in [0, 0.05) is 25.3 Å². The highest BCUT2D eigenvalue weighted by molar-refractivity contribution is 9.10. The van der Waals surface area contributed by atoms with Crippen molar-refractivity contribution in [3.05, 3.63) is 33.8 Å². The van der Waals surface area contributed by atoms with Gasteiger partial charge in [-0.1, -0.05) is 6.92 Å². The van der Waals surface area contributed by atoms with Gasteiger partial charge in [-0.05, 0) is 41.0 Å². The highest BCUT2D eigenvalue weighted by Gasteiger charge is 2.14. The van der Waals surface area contributed by atoms with Crippen LogP contribution in [-0.4, -0.2) is 29.7 Å². The summed E-state index contributed by atoms with van der Waals surface area (Å²) in [5.41, 5.74) is 0.0687. The fraction of sp³-hybridized carbons (Fsp3) is 0.500. The SMILES string of the molecule is CCN(CCCO)Cc1c(F)ccc(Br)c1F. The largest absolute Gasteiger partial charge is 0.396 e. The second kappa shape index (κ2) is 7.03. The Hall–Kier alpha value is -0.520. The number of benzene rings is 1. The first kappa shape index (κ1) is 14.5. The van der Waals surface area contributed by atoms with Crippen molar-refractivity contribution < 1.29 is 13.9 Å². The topological polar surface area (TPSA) is 23.5 Å². The summed E-state index contributed by atoms with van der Waals surface area (Å²) in [6, 6.07) is 2.61. The van der Waals surface area contributed by atoms with E-state index in [1.165, 1.54) is 12.1 Å². The molecule has 0 amide bonds. The van der Waals surface area contributed by atoms with Crippen molar-refractivity contribution in [2.24, 2.45) is 0 Å². The molecule has 0 heterocycles. The third-order valence-electron chi connectivity index (χ3n) is 2.60. The maximum Gasteiger partial charge on any atom is 0.144 e. The molecule has 1 rings (SSSR count). The Morgan fingerprint density at radius 3 is 2.65 bits per heavy atom. The molecule has 0 spiro atoms. The molecule has 0 atom stereocenters. The second-order valence-corrected chi connectivity index (χ2v) is 4.62. The van der Waals surface area contributed by atoms with Crippen molar-refractivity contribution in [2.45, 2.75) is 19.9 Å². The first-order valence-electron chi connectivity index (χ1n) is 5.55. The van der Waals surface area contributed by atoms with Gasteiger partial charge in [0.1, 0.15) is 11.6 Å². The number of rotatable bonds is 6. The van der Waals surface area contributed by atoms with Crippen LogP contribution in [0.3, 0.4) is 0 Å². The molecule has 0 aliphatic heterocycles. The molecule has 0 radical (unpaired) electrons. The first-order valence-corrected chi connectivity index (χ1v) is 6.35. The van der Waals surface area contributed by atoms with Gasteiger partial charge in [0.25, 0.3) is 0 Å². The van der Waals surface area contributed by atoms with E-state index in [0.717, 1.165) is 0 Å². The lowest BCUT2D eigenvalue weighted by molar-refractivity contribution is 0.221. The zero-order valence-corrected chi connectivity index (χ0v) is 11.3. The van der Waals surface area contributed by atoms with Crippen LogP contribution < -0.4 is 0 Å². The summed E-state index contributed by atoms with van der Waals surface area (Å²) in [6.45, 7) is 3.53. The van der Waals surface area contributed by atoms with Crippen molar-refractivity contribution in [3.63, 3.8) is 0 Å². The minimum absolute atomic E-state index is 0.0687. The molecular weight excluding hydrogens is 292 g/mol. The van der Waals surface area contributed by atoms with E-state index in [2.05, 4.69) is 15.9 Å². The van der Waals surface area contributed by atoms with Crippen LogP contribution in [0.2, 0.25) is 0 Å². The van der Waals surface area contributed by atoms with Crippen molar-refractivity contribution in [1.29, 1.82) is 0 Å². The van der Waals surface area contributed by atoms with Crippen LogP contribution in [0.25, 0.3) is 0 Å². The zero-order chi connectivity index (χ0) is 12.8. The summed E-state index contributed by atoms with van der Waals surface area (Å²) >= 11 is 3.04. The molecule has 96 valence electrons. The van der Waals surface area contributed by atoms with Gasteiger partial charge in [-0.3, -0.25) is 4.90 Å². The Morgan fingerprint density at radius 1 is 1.35 bits per heavy atom. The second-order valence-electron chi connectivity index (χ2n) is 3.77. The van der Waals surface area contributed by atoms with E-state index >= 15 is 0 Å². The lowest BCUT2D eigenvalue weighted by Gasteiger charge is -2.20. The molecule has 0 aromatic heterocycles. The first-order chi connectivity index (χ1) is 8.10. The van der Waals surface area contributed by atoms with Gasteiger partial charge in [0.2, 0.25) is 0 Å². The van der Waals surface area contributed by atoms with Gasteiger partial charge in [-0.15, -0.1) is 0 Å². The lowest BCUT2D eigenvalue weighted by atomic mass is 10.2. The van der Waals surface area contributed by atoms with Crippen LogP contribution in [0.4, 0.5) is 8.78 Å². The van der Waals surface area contributed by atoms with Crippen LogP contribution in [0.15, 0.2) is 16.6 Å². The van der Waals surface area contributed by atoms with E-state index in [0.29, 0.717) is 19.5 Å². The Bertz CT molecular complexity index is 374. The third kappa shape index (κ3) is 4.01. The molecular formula is C12H16BrF2NO. The van der Waals surface area contributed by atoms with Gasteiger partial charge in [-0.2, -0.15) is 0 Å². The van der Waals surface area contributed by atoms with E-state index < -0.39 is 11.6 Å². The van der Waals surface area contributed by atoms with E-state index in [1.54, 1.807) is 0 Å². The van der Waals surface area contributed by atoms with Gasteiger partial charge in [0.15, 0.2) is 0 Å². The third-order valence-corrected chi connectivity index (χ3v) is 3.21. The quantitative estimate of drug-likeness (QED) is 0.817. The maximum absolute atomic E-state index is 13.7. The summed E-state index contributed by atoms with van der Waals surface area (Å²) in [7, 11) is 0. The van der Waals surface area contributed by atoms with Crippen molar-refractivity contribution in [1.82, 2.24) is 4.90 Å². The fourth-order valence-electron chi connectivity index (χ4n) is 1.58. The number of hydrogen-bond acceptors (Lipinski definition) is 2. The van der Waals surface area contributed by atoms with Crippen LogP contribution in [0, 0.1) is 11.6 Å². The van der Waals surface area contributed by atoms with Gasteiger partial charge >= 0.3 is 0 Å². The minimum Gasteiger partial charge on any atom is -0.396 e. The monoisotopic (exact) mass is 307 g/mol. The summed E-state index contributed by atoms with van der Waals surface area (Å²) in [5.74, 6) is -1.08. The maximum atomic E-state index is 13.7. The van der Waals surface area contributed by atoms with Crippen molar-refractivity contribution in [2.75, 3.05) is 19.7 Å². The number of nitrogens with zero attached hydrogens (tertiary/aromatic N) is 1. The Labute approximate surface area is 108 Å². The number of hydrogen-bond donors (Lipinski definition) is 1. The summed E-state index contributed by atoms with van der Waals surface area (Å²) in [6.07, 6.45) is 0.602. The Kier molecular flexibility index (Phi) is 6.02. The van der Waals surface area contributed by atoms with Crippen molar-refractivity contribution in [3.8, 4) is 0 Å². The van der Waals surface area contributed by atoms with Gasteiger partial charge in [-0.25, -0.2) is 8.78 Å². The fourth-order valence-corrected chi connectivity index (χ4v) is 1.95. The standard InChI is InChI=1S/C12H16BrF2NO/c1-2-16(6-3-7-17)8-9-11(14)5-4-10(13)12(9)15/h4-5,17H,2-3,6-8H2,1H3. The number of aliphatic hydroxyl groups excluding tert-OH is 1. The predicted octanol–water partition coefficient (Wildman–Crippen LogP) is 2.93. The minimum atomic E-state index is -0.549.